The summed E-state index contributed by atoms with van der Waals surface area (Å²) >= 11 is 1.47. The Labute approximate surface area is 135 Å². The number of nitrogens with zero attached hydrogens (tertiary/aromatic N) is 2. The van der Waals surface area contributed by atoms with Gasteiger partial charge in [-0.1, -0.05) is 17.8 Å². The molecule has 0 radical (unpaired) electrons. The van der Waals surface area contributed by atoms with Crippen LogP contribution in [0.5, 0.6) is 0 Å². The molecule has 0 N–H and O–H groups in total. The maximum Gasteiger partial charge on any atom is 0.309 e. The number of thioether (sulfide) groups is 1. The molecule has 22 heavy (non-hydrogen) atoms. The molecule has 6 heteroatoms. The van der Waals surface area contributed by atoms with Gasteiger partial charge in [0.05, 0.1) is 22.8 Å². The van der Waals surface area contributed by atoms with Gasteiger partial charge in [-0.15, -0.1) is 0 Å². The second kappa shape index (κ2) is 8.17. The van der Waals surface area contributed by atoms with Crippen molar-refractivity contribution in [3.05, 3.63) is 24.4 Å². The van der Waals surface area contributed by atoms with Crippen molar-refractivity contribution in [3.8, 4) is 0 Å². The normalized spacial score (nSPS) is 17.1. The Bertz CT molecular complexity index is 501. The summed E-state index contributed by atoms with van der Waals surface area (Å²) in [6, 6.07) is 5.68. The maximum absolute atomic E-state index is 12.5. The van der Waals surface area contributed by atoms with Gasteiger partial charge in [-0.05, 0) is 38.8 Å². The molecule has 1 aliphatic rings. The molecule has 1 unspecified atom stereocenters. The van der Waals surface area contributed by atoms with Gasteiger partial charge >= 0.3 is 5.97 Å². The average molecular weight is 322 g/mol. The number of esters is 1. The number of carbonyl (C=O) groups is 2. The molecule has 0 spiro atoms. The van der Waals surface area contributed by atoms with E-state index in [9.17, 15) is 9.59 Å². The Balaban J connectivity index is 1.83. The Morgan fingerprint density at radius 3 is 2.73 bits per heavy atom. The molecule has 2 rings (SSSR count). The summed E-state index contributed by atoms with van der Waals surface area (Å²) in [5, 5.41) is 0.679. The second-order valence-corrected chi connectivity index (χ2v) is 6.64. The number of piperidine rings is 1. The highest BCUT2D eigenvalue weighted by atomic mass is 32.2. The summed E-state index contributed by atoms with van der Waals surface area (Å²) in [5.41, 5.74) is 0. The molecule has 0 aromatic carbocycles. The lowest BCUT2D eigenvalue weighted by Gasteiger charge is -2.32. The Morgan fingerprint density at radius 1 is 1.41 bits per heavy atom. The summed E-state index contributed by atoms with van der Waals surface area (Å²) in [4.78, 5) is 30.3. The van der Waals surface area contributed by atoms with Gasteiger partial charge in [0.1, 0.15) is 0 Å². The molecule has 1 amide bonds. The van der Waals surface area contributed by atoms with Crippen molar-refractivity contribution >= 4 is 23.6 Å². The van der Waals surface area contributed by atoms with Crippen LogP contribution in [0, 0.1) is 5.92 Å². The smallest absolute Gasteiger partial charge is 0.309 e. The zero-order valence-electron chi connectivity index (χ0n) is 13.0. The highest BCUT2D eigenvalue weighted by molar-refractivity contribution is 8.00. The molecule has 1 atom stereocenters. The third-order valence-corrected chi connectivity index (χ3v) is 4.75. The number of likely N-dealkylation sites (tertiary alicyclic amines) is 1. The van der Waals surface area contributed by atoms with E-state index in [1.54, 1.807) is 6.20 Å². The van der Waals surface area contributed by atoms with Crippen LogP contribution in [0.2, 0.25) is 0 Å². The molecule has 5 nitrogen and oxygen atoms in total. The van der Waals surface area contributed by atoms with E-state index in [1.807, 2.05) is 36.9 Å². The number of hydrogen-bond acceptors (Lipinski definition) is 5. The van der Waals surface area contributed by atoms with Crippen LogP contribution in [-0.4, -0.2) is 46.7 Å². The van der Waals surface area contributed by atoms with Crippen molar-refractivity contribution < 1.29 is 14.3 Å². The lowest BCUT2D eigenvalue weighted by Crippen LogP contribution is -2.43. The minimum Gasteiger partial charge on any atom is -0.466 e. The van der Waals surface area contributed by atoms with E-state index in [1.165, 1.54) is 11.8 Å². The van der Waals surface area contributed by atoms with Crippen LogP contribution in [0.15, 0.2) is 29.4 Å². The van der Waals surface area contributed by atoms with Crippen LogP contribution in [0.4, 0.5) is 0 Å². The molecule has 0 saturated carbocycles. The Morgan fingerprint density at radius 2 is 2.14 bits per heavy atom. The highest BCUT2D eigenvalue weighted by Gasteiger charge is 2.30. The first-order valence-electron chi connectivity index (χ1n) is 7.65. The monoisotopic (exact) mass is 322 g/mol. The molecule has 0 aliphatic carbocycles. The largest absolute Gasteiger partial charge is 0.466 e. The van der Waals surface area contributed by atoms with Gasteiger partial charge < -0.3 is 9.64 Å². The lowest BCUT2D eigenvalue weighted by atomic mass is 9.97. The number of hydrogen-bond donors (Lipinski definition) is 0. The van der Waals surface area contributed by atoms with Crippen LogP contribution < -0.4 is 0 Å². The summed E-state index contributed by atoms with van der Waals surface area (Å²) < 4.78 is 5.05. The van der Waals surface area contributed by atoms with Crippen molar-refractivity contribution in [1.82, 2.24) is 9.88 Å². The van der Waals surface area contributed by atoms with E-state index < -0.39 is 0 Å². The minimum absolute atomic E-state index is 0.0669. The predicted octanol–water partition coefficient (Wildman–Crippen LogP) is 2.36. The molecule has 1 fully saturated rings. The first-order chi connectivity index (χ1) is 10.6. The minimum atomic E-state index is -0.172. The topological polar surface area (TPSA) is 59.5 Å². The fourth-order valence-electron chi connectivity index (χ4n) is 2.50. The molecule has 1 saturated heterocycles. The molecular weight excluding hydrogens is 300 g/mol. The molecule has 0 bridgehead atoms. The third kappa shape index (κ3) is 4.47. The van der Waals surface area contributed by atoms with Gasteiger partial charge in [-0.2, -0.15) is 0 Å². The van der Waals surface area contributed by atoms with Crippen molar-refractivity contribution in [1.29, 1.82) is 0 Å². The Hall–Kier alpha value is -1.56. The first-order valence-corrected chi connectivity index (χ1v) is 8.53. The molecule has 1 aliphatic heterocycles. The zero-order chi connectivity index (χ0) is 15.9. The van der Waals surface area contributed by atoms with Crippen LogP contribution in [0.1, 0.15) is 26.7 Å². The van der Waals surface area contributed by atoms with E-state index >= 15 is 0 Å². The van der Waals surface area contributed by atoms with Gasteiger partial charge in [0.25, 0.3) is 0 Å². The van der Waals surface area contributed by atoms with Gasteiger partial charge in [0.15, 0.2) is 0 Å². The fourth-order valence-corrected chi connectivity index (χ4v) is 3.39. The lowest BCUT2D eigenvalue weighted by molar-refractivity contribution is -0.151. The molecular formula is C16H22N2O3S. The predicted molar refractivity (Wildman–Crippen MR) is 85.5 cm³/mol. The number of aromatic nitrogens is 1. The standard InChI is InChI=1S/C16H22N2O3S/c1-3-21-16(20)13-7-10-18(11-8-13)15(19)12(2)22-14-6-4-5-9-17-14/h4-6,9,12-13H,3,7-8,10-11H2,1-2H3. The van der Waals surface area contributed by atoms with Crippen LogP contribution in [-0.2, 0) is 14.3 Å². The number of pyridine rings is 1. The van der Waals surface area contributed by atoms with Crippen molar-refractivity contribution in [2.75, 3.05) is 19.7 Å². The quantitative estimate of drug-likeness (QED) is 0.615. The summed E-state index contributed by atoms with van der Waals surface area (Å²) in [7, 11) is 0. The number of carbonyl (C=O) groups excluding carboxylic acids is 2. The summed E-state index contributed by atoms with van der Waals surface area (Å²) in [5.74, 6) is -0.0915. The fraction of sp³-hybridized carbons (Fsp3) is 0.562. The van der Waals surface area contributed by atoms with Crippen molar-refractivity contribution in [2.45, 2.75) is 37.0 Å². The number of amides is 1. The maximum atomic E-state index is 12.5. The van der Waals surface area contributed by atoms with E-state index in [-0.39, 0.29) is 23.0 Å². The van der Waals surface area contributed by atoms with E-state index in [0.29, 0.717) is 32.5 Å². The molecule has 1 aromatic heterocycles. The first kappa shape index (κ1) is 16.8. The third-order valence-electron chi connectivity index (χ3n) is 3.71. The van der Waals surface area contributed by atoms with Crippen LogP contribution in [0.25, 0.3) is 0 Å². The average Bonchev–Trinajstić information content (AvgIpc) is 2.55. The van der Waals surface area contributed by atoms with Crippen molar-refractivity contribution in [3.63, 3.8) is 0 Å². The summed E-state index contributed by atoms with van der Waals surface area (Å²) in [6.45, 7) is 5.37. The van der Waals surface area contributed by atoms with E-state index in [2.05, 4.69) is 4.98 Å². The highest BCUT2D eigenvalue weighted by Crippen LogP contribution is 2.25. The SMILES string of the molecule is CCOC(=O)C1CCN(C(=O)C(C)Sc2ccccn2)CC1. The number of rotatable bonds is 5. The molecule has 2 heterocycles. The van der Waals surface area contributed by atoms with Gasteiger partial charge in [-0.3, -0.25) is 9.59 Å². The van der Waals surface area contributed by atoms with Gasteiger partial charge in [0, 0.05) is 19.3 Å². The molecule has 120 valence electrons. The van der Waals surface area contributed by atoms with Crippen LogP contribution in [0.3, 0.4) is 0 Å². The number of ether oxygens (including phenoxy) is 1. The Kier molecular flexibility index (Phi) is 6.24. The molecule has 1 aromatic rings. The van der Waals surface area contributed by atoms with Crippen molar-refractivity contribution in [2.24, 2.45) is 5.92 Å². The van der Waals surface area contributed by atoms with Crippen LogP contribution >= 0.6 is 11.8 Å². The second-order valence-electron chi connectivity index (χ2n) is 5.28. The zero-order valence-corrected chi connectivity index (χ0v) is 13.8. The van der Waals surface area contributed by atoms with Gasteiger partial charge in [-0.25, -0.2) is 4.98 Å². The van der Waals surface area contributed by atoms with Gasteiger partial charge in [0.2, 0.25) is 5.91 Å². The van der Waals surface area contributed by atoms with E-state index in [4.69, 9.17) is 4.74 Å². The summed E-state index contributed by atoms with van der Waals surface area (Å²) in [6.07, 6.45) is 3.10. The van der Waals surface area contributed by atoms with E-state index in [0.717, 1.165) is 5.03 Å².